The van der Waals surface area contributed by atoms with E-state index in [1.54, 1.807) is 48.9 Å². The summed E-state index contributed by atoms with van der Waals surface area (Å²) in [6, 6.07) is 12.5. The number of hydrogen-bond acceptors (Lipinski definition) is 7. The van der Waals surface area contributed by atoms with E-state index in [2.05, 4.69) is 30.7 Å². The smallest absolute Gasteiger partial charge is 0.251 e. The number of amides is 1. The zero-order chi connectivity index (χ0) is 19.7. The minimum absolute atomic E-state index is 0.167. The van der Waals surface area contributed by atoms with Gasteiger partial charge in [-0.15, -0.1) is 0 Å². The Labute approximate surface area is 160 Å². The van der Waals surface area contributed by atoms with Gasteiger partial charge in [0.15, 0.2) is 11.5 Å². The molecule has 0 fully saturated rings. The van der Waals surface area contributed by atoms with E-state index >= 15 is 0 Å². The molecule has 9 nitrogen and oxygen atoms in total. The molecular weight excluding hydrogens is 356 g/mol. The Kier molecular flexibility index (Phi) is 4.32. The van der Waals surface area contributed by atoms with Gasteiger partial charge in [0.25, 0.3) is 5.91 Å². The van der Waals surface area contributed by atoms with E-state index in [1.807, 2.05) is 18.2 Å². The van der Waals surface area contributed by atoms with Crippen molar-refractivity contribution in [3.05, 3.63) is 60.0 Å². The third kappa shape index (κ3) is 3.20. The number of nitrogen functional groups attached to an aromatic ring is 1. The minimum atomic E-state index is -0.167. The summed E-state index contributed by atoms with van der Waals surface area (Å²) in [5.74, 6) is 1.29. The largest absolute Gasteiger partial charge is 0.384 e. The van der Waals surface area contributed by atoms with Crippen LogP contribution in [0.15, 0.2) is 48.7 Å². The lowest BCUT2D eigenvalue weighted by molar-refractivity contribution is 0.0963. The topological polar surface area (TPSA) is 123 Å². The summed E-state index contributed by atoms with van der Waals surface area (Å²) in [5, 5.41) is 10.3. The number of aryl methyl sites for hydroxylation is 1. The van der Waals surface area contributed by atoms with E-state index < -0.39 is 0 Å². The number of hydrogen-bond donors (Lipinski definition) is 3. The monoisotopic (exact) mass is 374 g/mol. The quantitative estimate of drug-likeness (QED) is 0.500. The maximum absolute atomic E-state index is 11.9. The molecule has 140 valence electrons. The summed E-state index contributed by atoms with van der Waals surface area (Å²) in [6.45, 7) is 1.77. The Morgan fingerprint density at radius 2 is 1.96 bits per heavy atom. The van der Waals surface area contributed by atoms with Crippen molar-refractivity contribution in [2.24, 2.45) is 0 Å². The molecule has 0 bridgehead atoms. The van der Waals surface area contributed by atoms with Gasteiger partial charge in [-0.3, -0.25) is 4.79 Å². The molecule has 4 aromatic rings. The molecule has 0 radical (unpaired) electrons. The molecule has 0 aliphatic carbocycles. The number of benzene rings is 1. The molecule has 1 aromatic carbocycles. The molecule has 0 unspecified atom stereocenters. The van der Waals surface area contributed by atoms with E-state index in [4.69, 9.17) is 5.73 Å². The Bertz CT molecular complexity index is 1160. The summed E-state index contributed by atoms with van der Waals surface area (Å²) in [4.78, 5) is 25.2. The van der Waals surface area contributed by atoms with Crippen LogP contribution in [0, 0.1) is 6.92 Å². The normalized spacial score (nSPS) is 10.8. The van der Waals surface area contributed by atoms with E-state index in [0.29, 0.717) is 45.7 Å². The lowest BCUT2D eigenvalue weighted by Gasteiger charge is -2.09. The van der Waals surface area contributed by atoms with Crippen LogP contribution in [-0.4, -0.2) is 37.5 Å². The zero-order valence-electron chi connectivity index (χ0n) is 15.3. The van der Waals surface area contributed by atoms with Crippen molar-refractivity contribution < 1.29 is 4.79 Å². The van der Waals surface area contributed by atoms with Crippen molar-refractivity contribution in [2.45, 2.75) is 6.92 Å². The maximum atomic E-state index is 11.9. The Morgan fingerprint density at radius 3 is 2.75 bits per heavy atom. The van der Waals surface area contributed by atoms with Crippen LogP contribution in [0.1, 0.15) is 16.2 Å². The van der Waals surface area contributed by atoms with Crippen molar-refractivity contribution in [1.29, 1.82) is 0 Å². The van der Waals surface area contributed by atoms with Crippen LogP contribution >= 0.6 is 0 Å². The standard InChI is InChI=1S/C19H18N8O/c1-11-23-14(10-15(20)24-11)17-18(26-16-7-4-8-22-27(16)17)25-13-6-3-5-12(9-13)19(28)21-2/h3-10,25H,1-2H3,(H,21,28)(H2,20,23,24). The zero-order valence-corrected chi connectivity index (χ0v) is 15.3. The molecule has 3 aromatic heterocycles. The van der Waals surface area contributed by atoms with Crippen molar-refractivity contribution in [3.63, 3.8) is 0 Å². The highest BCUT2D eigenvalue weighted by Crippen LogP contribution is 2.30. The van der Waals surface area contributed by atoms with Gasteiger partial charge in [0.05, 0.1) is 5.69 Å². The number of aromatic nitrogens is 5. The van der Waals surface area contributed by atoms with Crippen molar-refractivity contribution >= 4 is 28.9 Å². The van der Waals surface area contributed by atoms with Crippen LogP contribution in [0.4, 0.5) is 17.3 Å². The fraction of sp³-hybridized carbons (Fsp3) is 0.105. The third-order valence-electron chi connectivity index (χ3n) is 4.11. The Morgan fingerprint density at radius 1 is 1.11 bits per heavy atom. The Hall–Kier alpha value is -4.01. The number of carbonyl (C=O) groups is 1. The number of fused-ring (bicyclic) bond motifs is 1. The highest BCUT2D eigenvalue weighted by Gasteiger charge is 2.18. The molecule has 0 saturated heterocycles. The molecule has 28 heavy (non-hydrogen) atoms. The van der Waals surface area contributed by atoms with Crippen LogP contribution < -0.4 is 16.4 Å². The molecular formula is C19H18N8O. The van der Waals surface area contributed by atoms with E-state index in [1.165, 1.54) is 0 Å². The van der Waals surface area contributed by atoms with E-state index in [9.17, 15) is 4.79 Å². The molecule has 4 N–H and O–H groups in total. The lowest BCUT2D eigenvalue weighted by atomic mass is 10.2. The second-order valence-corrected chi connectivity index (χ2v) is 6.11. The van der Waals surface area contributed by atoms with Crippen LogP contribution in [0.2, 0.25) is 0 Å². The van der Waals surface area contributed by atoms with Gasteiger partial charge < -0.3 is 16.4 Å². The molecule has 0 atom stereocenters. The van der Waals surface area contributed by atoms with Crippen molar-refractivity contribution in [1.82, 2.24) is 29.9 Å². The molecule has 4 rings (SSSR count). The van der Waals surface area contributed by atoms with Gasteiger partial charge >= 0.3 is 0 Å². The number of rotatable bonds is 4. The number of nitrogens with two attached hydrogens (primary N) is 1. The van der Waals surface area contributed by atoms with E-state index in [0.717, 1.165) is 0 Å². The van der Waals surface area contributed by atoms with Crippen LogP contribution in [-0.2, 0) is 0 Å². The van der Waals surface area contributed by atoms with Gasteiger partial charge in [-0.1, -0.05) is 6.07 Å². The van der Waals surface area contributed by atoms with Gasteiger partial charge in [-0.25, -0.2) is 19.5 Å². The minimum Gasteiger partial charge on any atom is -0.384 e. The first kappa shape index (κ1) is 17.4. The van der Waals surface area contributed by atoms with Crippen molar-refractivity contribution in [2.75, 3.05) is 18.1 Å². The molecule has 1 amide bonds. The van der Waals surface area contributed by atoms with Crippen LogP contribution in [0.25, 0.3) is 17.0 Å². The predicted octanol–water partition coefficient (Wildman–Crippen LogP) is 2.18. The summed E-state index contributed by atoms with van der Waals surface area (Å²) in [7, 11) is 1.59. The van der Waals surface area contributed by atoms with Gasteiger partial charge in [-0.05, 0) is 37.3 Å². The second-order valence-electron chi connectivity index (χ2n) is 6.11. The highest BCUT2D eigenvalue weighted by molar-refractivity contribution is 5.95. The van der Waals surface area contributed by atoms with Gasteiger partial charge in [0, 0.05) is 30.6 Å². The summed E-state index contributed by atoms with van der Waals surface area (Å²) >= 11 is 0. The summed E-state index contributed by atoms with van der Waals surface area (Å²) < 4.78 is 1.69. The summed E-state index contributed by atoms with van der Waals surface area (Å²) in [6.07, 6.45) is 1.67. The maximum Gasteiger partial charge on any atom is 0.251 e. The first-order valence-corrected chi connectivity index (χ1v) is 8.59. The molecule has 3 heterocycles. The van der Waals surface area contributed by atoms with Crippen LogP contribution in [0.3, 0.4) is 0 Å². The molecule has 0 aliphatic rings. The molecule has 9 heteroatoms. The first-order chi connectivity index (χ1) is 13.5. The average Bonchev–Trinajstić information content (AvgIpc) is 3.04. The predicted molar refractivity (Wildman–Crippen MR) is 106 cm³/mol. The lowest BCUT2D eigenvalue weighted by Crippen LogP contribution is -2.17. The first-order valence-electron chi connectivity index (χ1n) is 8.59. The Balaban J connectivity index is 1.85. The van der Waals surface area contributed by atoms with Crippen molar-refractivity contribution in [3.8, 4) is 11.4 Å². The van der Waals surface area contributed by atoms with Gasteiger partial charge in [-0.2, -0.15) is 5.10 Å². The fourth-order valence-corrected chi connectivity index (χ4v) is 2.94. The fourth-order valence-electron chi connectivity index (χ4n) is 2.94. The number of imidazole rings is 1. The van der Waals surface area contributed by atoms with Gasteiger partial charge in [0.2, 0.25) is 0 Å². The van der Waals surface area contributed by atoms with Crippen LogP contribution in [0.5, 0.6) is 0 Å². The number of anilines is 3. The van der Waals surface area contributed by atoms with E-state index in [-0.39, 0.29) is 5.91 Å². The number of nitrogens with zero attached hydrogens (tertiary/aromatic N) is 5. The summed E-state index contributed by atoms with van der Waals surface area (Å²) in [5.41, 5.74) is 9.07. The number of nitrogens with one attached hydrogen (secondary N) is 2. The highest BCUT2D eigenvalue weighted by atomic mass is 16.1. The number of carbonyl (C=O) groups excluding carboxylic acids is 1. The van der Waals surface area contributed by atoms with Gasteiger partial charge in [0.1, 0.15) is 17.3 Å². The molecule has 0 spiro atoms. The third-order valence-corrected chi connectivity index (χ3v) is 4.11. The SMILES string of the molecule is CNC(=O)c1cccc(Nc2nc3cccnn3c2-c2cc(N)nc(C)n2)c1. The molecule has 0 aliphatic heterocycles. The second kappa shape index (κ2) is 6.95. The molecule has 0 saturated carbocycles. The average molecular weight is 374 g/mol.